The summed E-state index contributed by atoms with van der Waals surface area (Å²) in [6, 6.07) is 8.70. The Morgan fingerprint density at radius 2 is 1.64 bits per heavy atom. The van der Waals surface area contributed by atoms with Crippen LogP contribution in [0, 0.1) is 5.41 Å². The molecule has 0 unspecified atom stereocenters. The SMILES string of the molecule is CCC(C)(C)C(=O)NC(C)(C)CS(=O)(=O)Nc1ccccc1. The molecular formula is C16H26N2O3S. The van der Waals surface area contributed by atoms with Gasteiger partial charge >= 0.3 is 0 Å². The van der Waals surface area contributed by atoms with Crippen molar-refractivity contribution in [3.8, 4) is 0 Å². The Morgan fingerprint density at radius 1 is 1.09 bits per heavy atom. The molecule has 5 nitrogen and oxygen atoms in total. The van der Waals surface area contributed by atoms with E-state index < -0.39 is 21.0 Å². The summed E-state index contributed by atoms with van der Waals surface area (Å²) in [4.78, 5) is 12.2. The largest absolute Gasteiger partial charge is 0.350 e. The van der Waals surface area contributed by atoms with Crippen LogP contribution in [0.25, 0.3) is 0 Å². The molecule has 0 aromatic heterocycles. The topological polar surface area (TPSA) is 75.3 Å². The zero-order valence-corrected chi connectivity index (χ0v) is 14.8. The summed E-state index contributed by atoms with van der Waals surface area (Å²) in [7, 11) is -3.55. The van der Waals surface area contributed by atoms with Gasteiger partial charge < -0.3 is 5.32 Å². The molecule has 6 heteroatoms. The maximum Gasteiger partial charge on any atom is 0.235 e. The predicted octanol–water partition coefficient (Wildman–Crippen LogP) is 2.76. The van der Waals surface area contributed by atoms with Crippen LogP contribution in [-0.4, -0.2) is 25.6 Å². The molecule has 22 heavy (non-hydrogen) atoms. The van der Waals surface area contributed by atoms with Crippen LogP contribution in [0.2, 0.25) is 0 Å². The monoisotopic (exact) mass is 326 g/mol. The normalized spacial score (nSPS) is 12.8. The first-order valence-electron chi connectivity index (χ1n) is 7.36. The second-order valence-corrected chi connectivity index (χ2v) is 8.52. The van der Waals surface area contributed by atoms with Crippen LogP contribution in [0.3, 0.4) is 0 Å². The Labute approximate surface area is 133 Å². The summed E-state index contributed by atoms with van der Waals surface area (Å²) in [5.41, 5.74) is -0.864. The Kier molecular flexibility index (Phi) is 5.62. The molecule has 1 amide bonds. The van der Waals surface area contributed by atoms with Crippen LogP contribution in [0.15, 0.2) is 30.3 Å². The fraction of sp³-hybridized carbons (Fsp3) is 0.562. The Bertz CT molecular complexity index is 608. The molecular weight excluding hydrogens is 300 g/mol. The van der Waals surface area contributed by atoms with Crippen molar-refractivity contribution in [1.29, 1.82) is 0 Å². The van der Waals surface area contributed by atoms with Crippen LogP contribution >= 0.6 is 0 Å². The number of hydrogen-bond acceptors (Lipinski definition) is 3. The van der Waals surface area contributed by atoms with Gasteiger partial charge in [0.1, 0.15) is 0 Å². The molecule has 124 valence electrons. The highest BCUT2D eigenvalue weighted by Crippen LogP contribution is 2.21. The van der Waals surface area contributed by atoms with Gasteiger partial charge in [0, 0.05) is 11.1 Å². The third-order valence-electron chi connectivity index (χ3n) is 3.55. The van der Waals surface area contributed by atoms with E-state index in [0.29, 0.717) is 12.1 Å². The lowest BCUT2D eigenvalue weighted by Crippen LogP contribution is -2.52. The Morgan fingerprint density at radius 3 is 2.14 bits per heavy atom. The number of sulfonamides is 1. The molecule has 0 heterocycles. The maximum absolute atomic E-state index is 12.3. The predicted molar refractivity (Wildman–Crippen MR) is 90.1 cm³/mol. The molecule has 2 N–H and O–H groups in total. The molecule has 1 rings (SSSR count). The van der Waals surface area contributed by atoms with Gasteiger partial charge in [-0.25, -0.2) is 8.42 Å². The van der Waals surface area contributed by atoms with E-state index in [4.69, 9.17) is 0 Å². The average Bonchev–Trinajstić information content (AvgIpc) is 2.37. The van der Waals surface area contributed by atoms with Gasteiger partial charge in [-0.15, -0.1) is 0 Å². The first-order chi connectivity index (χ1) is 9.97. The summed E-state index contributed by atoms with van der Waals surface area (Å²) in [5, 5.41) is 2.83. The van der Waals surface area contributed by atoms with Gasteiger partial charge in [0.2, 0.25) is 15.9 Å². The highest BCUT2D eigenvalue weighted by molar-refractivity contribution is 7.92. The van der Waals surface area contributed by atoms with E-state index >= 15 is 0 Å². The van der Waals surface area contributed by atoms with Gasteiger partial charge in [-0.05, 0) is 32.4 Å². The van der Waals surface area contributed by atoms with Crippen LogP contribution in [-0.2, 0) is 14.8 Å². The number of rotatable bonds is 7. The third-order valence-corrected chi connectivity index (χ3v) is 5.20. The van der Waals surface area contributed by atoms with Crippen LogP contribution in [0.1, 0.15) is 41.0 Å². The van der Waals surface area contributed by atoms with Gasteiger partial charge in [0.05, 0.1) is 11.3 Å². The number of anilines is 1. The Balaban J connectivity index is 2.76. The fourth-order valence-electron chi connectivity index (χ4n) is 1.87. The summed E-state index contributed by atoms with van der Waals surface area (Å²) in [6.45, 7) is 9.03. The van der Waals surface area contributed by atoms with Gasteiger partial charge in [-0.2, -0.15) is 0 Å². The van der Waals surface area contributed by atoms with E-state index in [9.17, 15) is 13.2 Å². The number of carbonyl (C=O) groups excluding carboxylic acids is 1. The van der Waals surface area contributed by atoms with E-state index in [-0.39, 0.29) is 11.7 Å². The van der Waals surface area contributed by atoms with Gasteiger partial charge in [-0.3, -0.25) is 9.52 Å². The summed E-state index contributed by atoms with van der Waals surface area (Å²) in [5.74, 6) is -0.338. The zero-order valence-electron chi connectivity index (χ0n) is 13.9. The molecule has 0 aliphatic carbocycles. The van der Waals surface area contributed by atoms with Crippen molar-refractivity contribution in [2.45, 2.75) is 46.6 Å². The first-order valence-corrected chi connectivity index (χ1v) is 9.01. The van der Waals surface area contributed by atoms with Crippen molar-refractivity contribution in [2.24, 2.45) is 5.41 Å². The quantitative estimate of drug-likeness (QED) is 0.809. The van der Waals surface area contributed by atoms with Crippen molar-refractivity contribution >= 4 is 21.6 Å². The second-order valence-electron chi connectivity index (χ2n) is 6.80. The molecule has 0 radical (unpaired) electrons. The van der Waals surface area contributed by atoms with Crippen LogP contribution < -0.4 is 10.0 Å². The number of para-hydroxylation sites is 1. The molecule has 0 saturated heterocycles. The van der Waals surface area contributed by atoms with E-state index in [1.807, 2.05) is 26.8 Å². The van der Waals surface area contributed by atoms with Crippen molar-refractivity contribution in [3.05, 3.63) is 30.3 Å². The maximum atomic E-state index is 12.3. The minimum atomic E-state index is -3.55. The number of nitrogens with one attached hydrogen (secondary N) is 2. The highest BCUT2D eigenvalue weighted by Gasteiger charge is 2.33. The van der Waals surface area contributed by atoms with Crippen molar-refractivity contribution < 1.29 is 13.2 Å². The van der Waals surface area contributed by atoms with E-state index in [1.165, 1.54) is 0 Å². The van der Waals surface area contributed by atoms with E-state index in [2.05, 4.69) is 10.0 Å². The van der Waals surface area contributed by atoms with Crippen molar-refractivity contribution in [1.82, 2.24) is 5.32 Å². The lowest BCUT2D eigenvalue weighted by molar-refractivity contribution is -0.130. The van der Waals surface area contributed by atoms with Gasteiger partial charge in [-0.1, -0.05) is 39.0 Å². The minimum absolute atomic E-state index is 0.144. The molecule has 1 aromatic rings. The van der Waals surface area contributed by atoms with Crippen molar-refractivity contribution in [3.63, 3.8) is 0 Å². The third kappa shape index (κ3) is 5.67. The fourth-order valence-corrected chi connectivity index (χ4v) is 3.46. The summed E-state index contributed by atoms with van der Waals surface area (Å²) in [6.07, 6.45) is 0.684. The van der Waals surface area contributed by atoms with Crippen LogP contribution in [0.5, 0.6) is 0 Å². The lowest BCUT2D eigenvalue weighted by atomic mass is 9.88. The number of carbonyl (C=O) groups is 1. The molecule has 0 fully saturated rings. The number of hydrogen-bond donors (Lipinski definition) is 2. The minimum Gasteiger partial charge on any atom is -0.350 e. The van der Waals surface area contributed by atoms with Gasteiger partial charge in [0.25, 0.3) is 0 Å². The van der Waals surface area contributed by atoms with Crippen LogP contribution in [0.4, 0.5) is 5.69 Å². The molecule has 0 spiro atoms. The number of benzene rings is 1. The summed E-state index contributed by atoms with van der Waals surface area (Å²) < 4.78 is 27.0. The summed E-state index contributed by atoms with van der Waals surface area (Å²) >= 11 is 0. The van der Waals surface area contributed by atoms with E-state index in [0.717, 1.165) is 0 Å². The smallest absolute Gasteiger partial charge is 0.235 e. The average molecular weight is 326 g/mol. The Hall–Kier alpha value is -1.56. The molecule has 1 aromatic carbocycles. The lowest BCUT2D eigenvalue weighted by Gasteiger charge is -2.31. The van der Waals surface area contributed by atoms with E-state index in [1.54, 1.807) is 38.1 Å². The number of amides is 1. The second kappa shape index (κ2) is 6.69. The molecule has 0 aliphatic heterocycles. The molecule has 0 saturated carbocycles. The zero-order chi connectivity index (χ0) is 17.0. The standard InChI is InChI=1S/C16H26N2O3S/c1-6-15(2,3)14(19)17-16(4,5)12-22(20,21)18-13-10-8-7-9-11-13/h7-11,18H,6,12H2,1-5H3,(H,17,19). The van der Waals surface area contributed by atoms with Crippen molar-refractivity contribution in [2.75, 3.05) is 10.5 Å². The molecule has 0 bridgehead atoms. The molecule has 0 atom stereocenters. The molecule has 0 aliphatic rings. The first kappa shape index (κ1) is 18.5. The highest BCUT2D eigenvalue weighted by atomic mass is 32.2. The van der Waals surface area contributed by atoms with Gasteiger partial charge in [0.15, 0.2) is 0 Å².